The Morgan fingerprint density at radius 2 is 1.67 bits per heavy atom. The van der Waals surface area contributed by atoms with Crippen LogP contribution in [0.15, 0.2) is 53.0 Å². The Hall–Kier alpha value is -1.52. The second-order valence-electron chi connectivity index (χ2n) is 5.41. The van der Waals surface area contributed by atoms with Crippen molar-refractivity contribution in [3.63, 3.8) is 0 Å². The van der Waals surface area contributed by atoms with Gasteiger partial charge in [0, 0.05) is 42.9 Å². The lowest BCUT2D eigenvalue weighted by atomic mass is 10.2. The molecule has 0 aliphatic carbocycles. The van der Waals surface area contributed by atoms with Gasteiger partial charge in [-0.25, -0.2) is 0 Å². The van der Waals surface area contributed by atoms with Crippen LogP contribution < -0.4 is 4.90 Å². The van der Waals surface area contributed by atoms with Crippen LogP contribution in [0.3, 0.4) is 0 Å². The average Bonchev–Trinajstić information content (AvgIpc) is 2.49. The normalized spacial score (nSPS) is 16.1. The fourth-order valence-electron chi connectivity index (χ4n) is 2.72. The maximum Gasteiger partial charge on any atom is 0.115 e. The van der Waals surface area contributed by atoms with Gasteiger partial charge in [0.25, 0.3) is 0 Å². The van der Waals surface area contributed by atoms with Gasteiger partial charge in [0.15, 0.2) is 0 Å². The van der Waals surface area contributed by atoms with Crippen molar-refractivity contribution >= 4 is 21.6 Å². The quantitative estimate of drug-likeness (QED) is 0.921. The van der Waals surface area contributed by atoms with Crippen LogP contribution in [0, 0.1) is 0 Å². The minimum absolute atomic E-state index is 0.326. The molecule has 0 spiro atoms. The molecular formula is C17H19BrN2O. The summed E-state index contributed by atoms with van der Waals surface area (Å²) in [4.78, 5) is 4.86. The molecule has 0 unspecified atom stereocenters. The number of aromatic hydroxyl groups is 1. The van der Waals surface area contributed by atoms with Gasteiger partial charge in [0.2, 0.25) is 0 Å². The summed E-state index contributed by atoms with van der Waals surface area (Å²) in [6.07, 6.45) is 0. The summed E-state index contributed by atoms with van der Waals surface area (Å²) < 4.78 is 1.14. The smallest absolute Gasteiger partial charge is 0.115 e. The number of phenolic OH excluding ortho intramolecular Hbond substituents is 1. The molecule has 3 nitrogen and oxygen atoms in total. The van der Waals surface area contributed by atoms with Crippen molar-refractivity contribution in [2.24, 2.45) is 0 Å². The minimum Gasteiger partial charge on any atom is -0.508 e. The highest BCUT2D eigenvalue weighted by Crippen LogP contribution is 2.20. The van der Waals surface area contributed by atoms with Gasteiger partial charge >= 0.3 is 0 Å². The van der Waals surface area contributed by atoms with E-state index >= 15 is 0 Å². The first-order valence-electron chi connectivity index (χ1n) is 7.21. The van der Waals surface area contributed by atoms with Crippen LogP contribution in [0.5, 0.6) is 5.75 Å². The van der Waals surface area contributed by atoms with Crippen LogP contribution in [0.4, 0.5) is 5.69 Å². The lowest BCUT2D eigenvalue weighted by Crippen LogP contribution is -2.45. The summed E-state index contributed by atoms with van der Waals surface area (Å²) in [5.41, 5.74) is 2.54. The number of rotatable bonds is 3. The molecule has 1 heterocycles. The molecule has 1 aliphatic heterocycles. The predicted octanol–water partition coefficient (Wildman–Crippen LogP) is 3.48. The maximum absolute atomic E-state index is 9.35. The lowest BCUT2D eigenvalue weighted by Gasteiger charge is -2.36. The molecule has 0 radical (unpaired) electrons. The molecule has 2 aromatic carbocycles. The number of hydrogen-bond donors (Lipinski definition) is 1. The lowest BCUT2D eigenvalue weighted by molar-refractivity contribution is 0.250. The number of anilines is 1. The topological polar surface area (TPSA) is 26.7 Å². The van der Waals surface area contributed by atoms with Gasteiger partial charge in [-0.15, -0.1) is 0 Å². The van der Waals surface area contributed by atoms with Crippen LogP contribution in [-0.4, -0.2) is 36.2 Å². The molecule has 2 aromatic rings. The van der Waals surface area contributed by atoms with Gasteiger partial charge < -0.3 is 10.0 Å². The van der Waals surface area contributed by atoms with Gasteiger partial charge in [-0.2, -0.15) is 0 Å². The molecule has 0 bridgehead atoms. The second-order valence-corrected chi connectivity index (χ2v) is 6.33. The van der Waals surface area contributed by atoms with Crippen molar-refractivity contribution in [1.29, 1.82) is 0 Å². The molecular weight excluding hydrogens is 328 g/mol. The fraction of sp³-hybridized carbons (Fsp3) is 0.294. The van der Waals surface area contributed by atoms with E-state index in [4.69, 9.17) is 0 Å². The zero-order chi connectivity index (χ0) is 14.7. The minimum atomic E-state index is 0.326. The van der Waals surface area contributed by atoms with Crippen molar-refractivity contribution < 1.29 is 5.11 Å². The van der Waals surface area contributed by atoms with Gasteiger partial charge in [-0.1, -0.05) is 28.1 Å². The summed E-state index contributed by atoms with van der Waals surface area (Å²) in [7, 11) is 0. The van der Waals surface area contributed by atoms with E-state index in [0.29, 0.717) is 5.75 Å². The van der Waals surface area contributed by atoms with E-state index in [9.17, 15) is 5.11 Å². The van der Waals surface area contributed by atoms with Gasteiger partial charge in [0.1, 0.15) is 5.75 Å². The summed E-state index contributed by atoms with van der Waals surface area (Å²) in [5.74, 6) is 0.326. The van der Waals surface area contributed by atoms with E-state index in [-0.39, 0.29) is 0 Å². The van der Waals surface area contributed by atoms with Crippen molar-refractivity contribution in [3.05, 3.63) is 58.6 Å². The first kappa shape index (κ1) is 14.4. The second kappa shape index (κ2) is 6.50. The zero-order valence-corrected chi connectivity index (χ0v) is 13.5. The van der Waals surface area contributed by atoms with Crippen LogP contribution in [0.1, 0.15) is 5.56 Å². The monoisotopic (exact) mass is 346 g/mol. The summed E-state index contributed by atoms with van der Waals surface area (Å²) in [6, 6.07) is 16.0. The van der Waals surface area contributed by atoms with E-state index < -0.39 is 0 Å². The Kier molecular flexibility index (Phi) is 4.46. The van der Waals surface area contributed by atoms with Crippen molar-refractivity contribution in [1.82, 2.24) is 4.90 Å². The van der Waals surface area contributed by atoms with E-state index in [1.807, 2.05) is 12.1 Å². The van der Waals surface area contributed by atoms with Crippen molar-refractivity contribution in [2.45, 2.75) is 6.54 Å². The highest BCUT2D eigenvalue weighted by Gasteiger charge is 2.17. The summed E-state index contributed by atoms with van der Waals surface area (Å²) >= 11 is 3.53. The summed E-state index contributed by atoms with van der Waals surface area (Å²) in [6.45, 7) is 5.18. The van der Waals surface area contributed by atoms with E-state index in [2.05, 4.69) is 50.0 Å². The first-order chi connectivity index (χ1) is 10.2. The predicted molar refractivity (Wildman–Crippen MR) is 89.7 cm³/mol. The number of benzene rings is 2. The SMILES string of the molecule is Oc1ccc(N2CCN(Cc3cccc(Br)c3)CC2)cc1. The van der Waals surface area contributed by atoms with Gasteiger partial charge in [-0.05, 0) is 42.0 Å². The van der Waals surface area contributed by atoms with Crippen LogP contribution in [0.2, 0.25) is 0 Å². The largest absolute Gasteiger partial charge is 0.508 e. The highest BCUT2D eigenvalue weighted by atomic mass is 79.9. The molecule has 4 heteroatoms. The van der Waals surface area contributed by atoms with Crippen molar-refractivity contribution in [3.8, 4) is 5.75 Å². The molecule has 1 saturated heterocycles. The molecule has 21 heavy (non-hydrogen) atoms. The van der Waals surface area contributed by atoms with Crippen molar-refractivity contribution in [2.75, 3.05) is 31.1 Å². The Bertz CT molecular complexity index is 592. The van der Waals surface area contributed by atoms with E-state index in [0.717, 1.165) is 37.2 Å². The molecule has 110 valence electrons. The Labute approximate surface area is 133 Å². The summed E-state index contributed by atoms with van der Waals surface area (Å²) in [5, 5.41) is 9.35. The molecule has 0 amide bonds. The third-order valence-corrected chi connectivity index (χ3v) is 4.38. The average molecular weight is 347 g/mol. The fourth-order valence-corrected chi connectivity index (χ4v) is 3.17. The number of nitrogens with zero attached hydrogens (tertiary/aromatic N) is 2. The third kappa shape index (κ3) is 3.77. The number of piperazine rings is 1. The molecule has 0 saturated carbocycles. The molecule has 0 atom stereocenters. The number of phenols is 1. The first-order valence-corrected chi connectivity index (χ1v) is 8.01. The highest BCUT2D eigenvalue weighted by molar-refractivity contribution is 9.10. The molecule has 0 aromatic heterocycles. The van der Waals surface area contributed by atoms with E-state index in [1.165, 1.54) is 11.3 Å². The van der Waals surface area contributed by atoms with Gasteiger partial charge in [-0.3, -0.25) is 4.90 Å². The third-order valence-electron chi connectivity index (χ3n) is 3.88. The molecule has 1 fully saturated rings. The molecule has 3 rings (SSSR count). The Morgan fingerprint density at radius 1 is 0.952 bits per heavy atom. The number of halogens is 1. The van der Waals surface area contributed by atoms with Crippen LogP contribution >= 0.6 is 15.9 Å². The Balaban J connectivity index is 1.56. The van der Waals surface area contributed by atoms with E-state index in [1.54, 1.807) is 12.1 Å². The van der Waals surface area contributed by atoms with Crippen LogP contribution in [0.25, 0.3) is 0 Å². The standard InChI is InChI=1S/C17H19BrN2O/c18-15-3-1-2-14(12-15)13-19-8-10-20(11-9-19)16-4-6-17(21)7-5-16/h1-7,12,21H,8-11,13H2. The number of hydrogen-bond acceptors (Lipinski definition) is 3. The van der Waals surface area contributed by atoms with Gasteiger partial charge in [0.05, 0.1) is 0 Å². The molecule has 1 aliphatic rings. The Morgan fingerprint density at radius 3 is 2.33 bits per heavy atom. The molecule has 1 N–H and O–H groups in total. The van der Waals surface area contributed by atoms with Crippen LogP contribution in [-0.2, 0) is 6.54 Å². The maximum atomic E-state index is 9.35. The zero-order valence-electron chi connectivity index (χ0n) is 11.9.